The molecule has 12 heteroatoms. The number of carbonyl (C=O) groups excluding carboxylic acids is 1. The summed E-state index contributed by atoms with van der Waals surface area (Å²) in [6.45, 7) is 12.1. The topological polar surface area (TPSA) is 84.5 Å². The summed E-state index contributed by atoms with van der Waals surface area (Å²) in [6, 6.07) is 5.80. The summed E-state index contributed by atoms with van der Waals surface area (Å²) < 4.78 is 17.5. The van der Waals surface area contributed by atoms with Gasteiger partial charge in [-0.3, -0.25) is 9.89 Å². The van der Waals surface area contributed by atoms with Gasteiger partial charge in [0.2, 0.25) is 11.9 Å². The number of piperazine rings is 1. The van der Waals surface area contributed by atoms with Crippen LogP contribution in [-0.2, 0) is 4.79 Å². The molecule has 6 rings (SSSR count). The lowest BCUT2D eigenvalue weighted by Crippen LogP contribution is -2.59. The van der Waals surface area contributed by atoms with Crippen LogP contribution in [0, 0.1) is 12.7 Å². The van der Waals surface area contributed by atoms with E-state index in [1.54, 1.807) is 6.07 Å². The molecule has 2 aliphatic heterocycles. The Bertz CT molecular complexity index is 1740. The Morgan fingerprint density at radius 1 is 1.17 bits per heavy atom. The molecular formula is C30H33BrClFN8O. The van der Waals surface area contributed by atoms with Crippen LogP contribution in [0.15, 0.2) is 35.5 Å². The van der Waals surface area contributed by atoms with Gasteiger partial charge in [-0.05, 0) is 74.6 Å². The molecule has 1 N–H and O–H groups in total. The van der Waals surface area contributed by atoms with Gasteiger partial charge in [-0.1, -0.05) is 24.2 Å². The lowest BCUT2D eigenvalue weighted by Gasteiger charge is -2.45. The molecule has 2 aromatic heterocycles. The molecule has 0 unspecified atom stereocenters. The summed E-state index contributed by atoms with van der Waals surface area (Å²) in [6.07, 6.45) is 1.35. The molecule has 2 aliphatic rings. The average Bonchev–Trinajstić information content (AvgIpc) is 3.30. The van der Waals surface area contributed by atoms with Gasteiger partial charge in [0, 0.05) is 66.2 Å². The first-order valence-corrected chi connectivity index (χ1v) is 15.1. The van der Waals surface area contributed by atoms with Crippen molar-refractivity contribution in [2.45, 2.75) is 38.9 Å². The third kappa shape index (κ3) is 4.62. The molecule has 0 aliphatic carbocycles. The number of fused-ring (bicyclic) bond motifs is 2. The van der Waals surface area contributed by atoms with Crippen molar-refractivity contribution in [1.82, 2.24) is 30.0 Å². The number of amides is 1. The van der Waals surface area contributed by atoms with Gasteiger partial charge in [0.15, 0.2) is 5.82 Å². The van der Waals surface area contributed by atoms with Crippen molar-refractivity contribution in [3.05, 3.63) is 51.9 Å². The number of aryl methyl sites for hydroxylation is 1. The number of halogens is 3. The van der Waals surface area contributed by atoms with Gasteiger partial charge in [0.1, 0.15) is 15.9 Å². The number of likely N-dealkylation sites (N-methyl/N-ethyl adjacent to an activating group) is 1. The van der Waals surface area contributed by atoms with Gasteiger partial charge in [0.05, 0.1) is 10.5 Å². The van der Waals surface area contributed by atoms with Crippen molar-refractivity contribution in [1.29, 1.82) is 0 Å². The Kier molecular flexibility index (Phi) is 7.39. The number of nitrogens with one attached hydrogen (secondary N) is 1. The number of aromatic amines is 1. The number of benzene rings is 2. The maximum Gasteiger partial charge on any atom is 0.246 e. The third-order valence-corrected chi connectivity index (χ3v) is 9.46. The van der Waals surface area contributed by atoms with E-state index in [1.165, 1.54) is 6.08 Å². The van der Waals surface area contributed by atoms with Crippen molar-refractivity contribution >= 4 is 67.0 Å². The summed E-state index contributed by atoms with van der Waals surface area (Å²) in [7, 11) is 4.10. The molecule has 220 valence electrons. The van der Waals surface area contributed by atoms with E-state index in [0.717, 1.165) is 29.6 Å². The number of rotatable bonds is 5. The van der Waals surface area contributed by atoms with E-state index in [1.807, 2.05) is 51.9 Å². The minimum absolute atomic E-state index is 0.0821. The molecule has 42 heavy (non-hydrogen) atoms. The van der Waals surface area contributed by atoms with Crippen LogP contribution < -0.4 is 9.80 Å². The fourth-order valence-electron chi connectivity index (χ4n) is 6.05. The summed E-state index contributed by atoms with van der Waals surface area (Å²) in [5.41, 5.74) is 2.79. The molecule has 2 fully saturated rings. The van der Waals surface area contributed by atoms with Crippen LogP contribution in [0.1, 0.15) is 19.4 Å². The average molecular weight is 656 g/mol. The Hall–Kier alpha value is -3.28. The molecule has 0 saturated carbocycles. The van der Waals surface area contributed by atoms with Gasteiger partial charge in [0.25, 0.3) is 0 Å². The zero-order valence-corrected chi connectivity index (χ0v) is 26.6. The maximum atomic E-state index is 16.9. The van der Waals surface area contributed by atoms with E-state index in [0.29, 0.717) is 46.5 Å². The number of H-pyrrole nitrogens is 1. The number of hydrogen-bond acceptors (Lipinski definition) is 7. The highest BCUT2D eigenvalue weighted by atomic mass is 79.9. The van der Waals surface area contributed by atoms with E-state index in [2.05, 4.69) is 47.4 Å². The van der Waals surface area contributed by atoms with Crippen LogP contribution in [0.4, 0.5) is 16.2 Å². The van der Waals surface area contributed by atoms with Crippen molar-refractivity contribution in [2.75, 3.05) is 50.1 Å². The molecule has 0 spiro atoms. The minimum atomic E-state index is -0.503. The molecule has 1 amide bonds. The summed E-state index contributed by atoms with van der Waals surface area (Å²) in [4.78, 5) is 30.6. The van der Waals surface area contributed by atoms with E-state index in [-0.39, 0.29) is 34.1 Å². The molecule has 9 nitrogen and oxygen atoms in total. The van der Waals surface area contributed by atoms with E-state index in [4.69, 9.17) is 21.6 Å². The fraction of sp³-hybridized carbons (Fsp3) is 0.400. The van der Waals surface area contributed by atoms with Gasteiger partial charge in [-0.25, -0.2) is 9.37 Å². The number of carbonyl (C=O) groups is 1. The highest BCUT2D eigenvalue weighted by molar-refractivity contribution is 9.10. The Morgan fingerprint density at radius 2 is 1.90 bits per heavy atom. The minimum Gasteiger partial charge on any atom is -0.349 e. The first-order chi connectivity index (χ1) is 20.0. The van der Waals surface area contributed by atoms with E-state index >= 15 is 4.39 Å². The predicted molar refractivity (Wildman–Crippen MR) is 170 cm³/mol. The second-order valence-corrected chi connectivity index (χ2v) is 12.7. The van der Waals surface area contributed by atoms with Crippen molar-refractivity contribution in [3.8, 4) is 11.1 Å². The standard InChI is InChI=1S/C30H33BrClFN8O/c1-7-22(42)40-11-17(4)41(12-16(40)3)29-19-10-20(32)24(23-15(2)8-9-21-25(23)28(31)37-36-21)26(33)27(19)34-30(35-29)39-13-18(14-39)38(5)6/h7-10,16-18H,1,11-14H2,2-6H3,(H,36,37)/t16-,17+/m1/s1. The molecule has 4 aromatic rings. The number of aromatic nitrogens is 4. The quantitative estimate of drug-likeness (QED) is 0.289. The summed E-state index contributed by atoms with van der Waals surface area (Å²) in [5, 5.41) is 8.83. The van der Waals surface area contributed by atoms with Crippen LogP contribution in [0.2, 0.25) is 5.02 Å². The SMILES string of the molecule is C=CC(=O)N1C[C@H](C)N(c2nc(N3CC(N(C)C)C3)nc3c(F)c(-c4c(C)ccc5[nH]nc(Br)c45)c(Cl)cc23)C[C@H]1C. The Labute approximate surface area is 257 Å². The molecule has 0 bridgehead atoms. The summed E-state index contributed by atoms with van der Waals surface area (Å²) in [5.74, 6) is 0.481. The molecule has 2 saturated heterocycles. The molecule has 2 aromatic carbocycles. The first kappa shape index (κ1) is 28.8. The van der Waals surface area contributed by atoms with Gasteiger partial charge in [-0.2, -0.15) is 10.1 Å². The Morgan fingerprint density at radius 3 is 2.60 bits per heavy atom. The lowest BCUT2D eigenvalue weighted by atomic mass is 9.95. The molecule has 2 atom stereocenters. The van der Waals surface area contributed by atoms with Crippen LogP contribution >= 0.6 is 27.5 Å². The second kappa shape index (κ2) is 10.8. The normalized spacial score (nSPS) is 19.7. The zero-order chi connectivity index (χ0) is 30.0. The van der Waals surface area contributed by atoms with Crippen LogP contribution in [0.5, 0.6) is 0 Å². The van der Waals surface area contributed by atoms with Crippen LogP contribution in [0.3, 0.4) is 0 Å². The molecular weight excluding hydrogens is 623 g/mol. The van der Waals surface area contributed by atoms with Crippen LogP contribution in [-0.4, -0.2) is 94.3 Å². The highest BCUT2D eigenvalue weighted by Crippen LogP contribution is 2.44. The highest BCUT2D eigenvalue weighted by Gasteiger charge is 2.36. The molecule has 4 heterocycles. The number of hydrogen-bond donors (Lipinski definition) is 1. The van der Waals surface area contributed by atoms with Gasteiger partial charge >= 0.3 is 0 Å². The first-order valence-electron chi connectivity index (χ1n) is 13.9. The van der Waals surface area contributed by atoms with Gasteiger partial charge < -0.3 is 19.6 Å². The largest absolute Gasteiger partial charge is 0.349 e. The zero-order valence-electron chi connectivity index (χ0n) is 24.2. The summed E-state index contributed by atoms with van der Waals surface area (Å²) >= 11 is 10.5. The predicted octanol–water partition coefficient (Wildman–Crippen LogP) is 5.40. The monoisotopic (exact) mass is 654 g/mol. The van der Waals surface area contributed by atoms with Crippen molar-refractivity contribution in [3.63, 3.8) is 0 Å². The Balaban J connectivity index is 1.55. The van der Waals surface area contributed by atoms with Gasteiger partial charge in [-0.15, -0.1) is 0 Å². The van der Waals surface area contributed by atoms with E-state index in [9.17, 15) is 4.79 Å². The van der Waals surface area contributed by atoms with E-state index < -0.39 is 5.82 Å². The number of nitrogens with zero attached hydrogens (tertiary/aromatic N) is 7. The maximum absolute atomic E-state index is 16.9. The molecule has 0 radical (unpaired) electrons. The van der Waals surface area contributed by atoms with Crippen molar-refractivity contribution < 1.29 is 9.18 Å². The van der Waals surface area contributed by atoms with Crippen molar-refractivity contribution in [2.24, 2.45) is 0 Å². The second-order valence-electron chi connectivity index (χ2n) is 11.6. The number of anilines is 2. The smallest absolute Gasteiger partial charge is 0.246 e. The fourth-order valence-corrected chi connectivity index (χ4v) is 6.84. The van der Waals surface area contributed by atoms with Crippen LogP contribution in [0.25, 0.3) is 32.9 Å². The lowest BCUT2D eigenvalue weighted by molar-refractivity contribution is -0.128. The third-order valence-electron chi connectivity index (χ3n) is 8.59.